The zero-order valence-corrected chi connectivity index (χ0v) is 7.91. The first-order valence-electron chi connectivity index (χ1n) is 4.51. The van der Waals surface area contributed by atoms with Gasteiger partial charge in [-0.3, -0.25) is 0 Å². The quantitative estimate of drug-likeness (QED) is 0.362. The van der Waals surface area contributed by atoms with Crippen LogP contribution in [0.1, 0.15) is 12.8 Å². The Labute approximate surface area is 85.5 Å². The second-order valence-corrected chi connectivity index (χ2v) is 3.52. The first-order chi connectivity index (χ1) is 6.90. The van der Waals surface area contributed by atoms with Crippen molar-refractivity contribution in [2.75, 3.05) is 6.61 Å². The van der Waals surface area contributed by atoms with Gasteiger partial charge in [0.2, 0.25) is 0 Å². The first kappa shape index (κ1) is 12.3. The maximum Gasteiger partial charge on any atom is 0.364 e. The number of ether oxygens (including phenoxy) is 1. The number of hydrogen-bond acceptors (Lipinski definition) is 6. The normalized spacial score (nSPS) is 41.5. The largest absolute Gasteiger partial charge is 0.477 e. The van der Waals surface area contributed by atoms with Crippen molar-refractivity contribution in [2.45, 2.75) is 36.9 Å². The number of aliphatic hydroxyl groups is 4. The number of carboxylic acids is 1. The Morgan fingerprint density at radius 1 is 1.47 bits per heavy atom. The average molecular weight is 222 g/mol. The van der Waals surface area contributed by atoms with E-state index in [0.29, 0.717) is 0 Å². The summed E-state index contributed by atoms with van der Waals surface area (Å²) in [6.07, 6.45) is -4.47. The predicted molar refractivity (Wildman–Crippen MR) is 45.8 cm³/mol. The van der Waals surface area contributed by atoms with Gasteiger partial charge in [-0.25, -0.2) is 4.79 Å². The zero-order chi connectivity index (χ0) is 11.6. The van der Waals surface area contributed by atoms with E-state index in [1.54, 1.807) is 0 Å². The highest BCUT2D eigenvalue weighted by atomic mass is 16.7. The molecule has 0 aromatic carbocycles. The SMILES string of the molecule is O=C(O)C1(O)CC(O)C(O)C(CCO)O1. The lowest BCUT2D eigenvalue weighted by Gasteiger charge is -2.39. The number of carbonyl (C=O) groups is 1. The van der Waals surface area contributed by atoms with Crippen LogP contribution in [0.5, 0.6) is 0 Å². The molecule has 0 spiro atoms. The standard InChI is InChI=1S/C8H14O7/c9-2-1-5-6(11)4(10)3-8(14,15-5)7(12)13/h4-6,9-11,14H,1-3H2,(H,12,13). The van der Waals surface area contributed by atoms with Crippen LogP contribution in [0.3, 0.4) is 0 Å². The Kier molecular flexibility index (Phi) is 3.63. The van der Waals surface area contributed by atoms with E-state index in [9.17, 15) is 20.1 Å². The molecule has 1 rings (SSSR count). The molecule has 0 radical (unpaired) electrons. The Morgan fingerprint density at radius 3 is 2.53 bits per heavy atom. The Morgan fingerprint density at radius 2 is 2.07 bits per heavy atom. The minimum absolute atomic E-state index is 0.0617. The number of aliphatic carboxylic acids is 1. The van der Waals surface area contributed by atoms with Crippen LogP contribution in [0.4, 0.5) is 0 Å². The summed E-state index contributed by atoms with van der Waals surface area (Å²) in [4.78, 5) is 10.6. The molecule has 5 N–H and O–H groups in total. The Bertz CT molecular complexity index is 243. The third kappa shape index (κ3) is 2.44. The van der Waals surface area contributed by atoms with Crippen molar-refractivity contribution in [3.05, 3.63) is 0 Å². The number of rotatable bonds is 3. The predicted octanol–water partition coefficient (Wildman–Crippen LogP) is -2.35. The Hall–Kier alpha value is -0.730. The van der Waals surface area contributed by atoms with Gasteiger partial charge in [-0.05, 0) is 6.42 Å². The van der Waals surface area contributed by atoms with Crippen molar-refractivity contribution >= 4 is 5.97 Å². The molecule has 1 aliphatic rings. The van der Waals surface area contributed by atoms with Gasteiger partial charge in [-0.1, -0.05) is 0 Å². The summed E-state index contributed by atoms with van der Waals surface area (Å²) in [7, 11) is 0. The van der Waals surface area contributed by atoms with Crippen molar-refractivity contribution in [3.8, 4) is 0 Å². The van der Waals surface area contributed by atoms with E-state index in [-0.39, 0.29) is 13.0 Å². The highest BCUT2D eigenvalue weighted by Gasteiger charge is 2.49. The molecule has 7 nitrogen and oxygen atoms in total. The smallest absolute Gasteiger partial charge is 0.364 e. The average Bonchev–Trinajstić information content (AvgIpc) is 2.14. The van der Waals surface area contributed by atoms with Gasteiger partial charge in [-0.15, -0.1) is 0 Å². The van der Waals surface area contributed by atoms with Crippen molar-refractivity contribution < 1.29 is 35.1 Å². The molecule has 1 heterocycles. The van der Waals surface area contributed by atoms with Crippen molar-refractivity contribution in [1.29, 1.82) is 0 Å². The van der Waals surface area contributed by atoms with E-state index in [4.69, 9.17) is 14.9 Å². The fourth-order valence-electron chi connectivity index (χ4n) is 1.51. The molecule has 0 aliphatic carbocycles. The second kappa shape index (κ2) is 4.42. The highest BCUT2D eigenvalue weighted by molar-refractivity contribution is 5.75. The molecule has 88 valence electrons. The fraction of sp³-hybridized carbons (Fsp3) is 0.875. The molecule has 0 aromatic heterocycles. The maximum absolute atomic E-state index is 10.6. The highest BCUT2D eigenvalue weighted by Crippen LogP contribution is 2.29. The molecule has 7 heteroatoms. The van der Waals surface area contributed by atoms with Crippen LogP contribution in [0.15, 0.2) is 0 Å². The summed E-state index contributed by atoms with van der Waals surface area (Å²) >= 11 is 0. The zero-order valence-electron chi connectivity index (χ0n) is 7.91. The van der Waals surface area contributed by atoms with Crippen molar-refractivity contribution in [3.63, 3.8) is 0 Å². The third-order valence-corrected chi connectivity index (χ3v) is 2.36. The van der Waals surface area contributed by atoms with Crippen molar-refractivity contribution in [2.24, 2.45) is 0 Å². The van der Waals surface area contributed by atoms with E-state index in [2.05, 4.69) is 0 Å². The van der Waals surface area contributed by atoms with E-state index in [1.807, 2.05) is 0 Å². The lowest BCUT2D eigenvalue weighted by molar-refractivity contribution is -0.295. The molecule has 4 atom stereocenters. The van der Waals surface area contributed by atoms with Gasteiger partial charge in [-0.2, -0.15) is 0 Å². The lowest BCUT2D eigenvalue weighted by Crippen LogP contribution is -2.58. The molecular weight excluding hydrogens is 208 g/mol. The van der Waals surface area contributed by atoms with Gasteiger partial charge in [0.25, 0.3) is 5.79 Å². The number of hydrogen-bond donors (Lipinski definition) is 5. The van der Waals surface area contributed by atoms with Gasteiger partial charge in [0.1, 0.15) is 6.10 Å². The summed E-state index contributed by atoms with van der Waals surface area (Å²) in [6, 6.07) is 0. The minimum Gasteiger partial charge on any atom is -0.477 e. The summed E-state index contributed by atoms with van der Waals surface area (Å²) in [5.74, 6) is -4.13. The van der Waals surface area contributed by atoms with Gasteiger partial charge >= 0.3 is 5.97 Å². The third-order valence-electron chi connectivity index (χ3n) is 2.36. The van der Waals surface area contributed by atoms with Crippen LogP contribution in [-0.2, 0) is 9.53 Å². The summed E-state index contributed by atoms with van der Waals surface area (Å²) in [5.41, 5.74) is 0. The molecule has 0 bridgehead atoms. The maximum atomic E-state index is 10.6. The summed E-state index contributed by atoms with van der Waals surface area (Å²) < 4.78 is 4.74. The van der Waals surface area contributed by atoms with Gasteiger partial charge in [0.05, 0.1) is 12.2 Å². The molecule has 15 heavy (non-hydrogen) atoms. The fourth-order valence-corrected chi connectivity index (χ4v) is 1.51. The van der Waals surface area contributed by atoms with Gasteiger partial charge in [0, 0.05) is 13.0 Å². The molecule has 1 aliphatic heterocycles. The van der Waals surface area contributed by atoms with Crippen LogP contribution in [0.2, 0.25) is 0 Å². The van der Waals surface area contributed by atoms with Crippen LogP contribution in [-0.4, -0.2) is 62.2 Å². The first-order valence-corrected chi connectivity index (χ1v) is 4.51. The van der Waals surface area contributed by atoms with E-state index in [1.165, 1.54) is 0 Å². The van der Waals surface area contributed by atoms with Crippen LogP contribution in [0, 0.1) is 0 Å². The molecule has 4 unspecified atom stereocenters. The molecule has 1 fully saturated rings. The molecule has 0 aromatic rings. The Balaban J connectivity index is 2.78. The van der Waals surface area contributed by atoms with Gasteiger partial charge < -0.3 is 30.3 Å². The van der Waals surface area contributed by atoms with Crippen LogP contribution >= 0.6 is 0 Å². The number of aliphatic hydroxyl groups excluding tert-OH is 3. The van der Waals surface area contributed by atoms with Crippen LogP contribution < -0.4 is 0 Å². The molecular formula is C8H14O7. The van der Waals surface area contributed by atoms with Gasteiger partial charge in [0.15, 0.2) is 0 Å². The molecule has 0 amide bonds. The summed E-state index contributed by atoms with van der Waals surface area (Å²) in [5, 5.41) is 45.5. The van der Waals surface area contributed by atoms with Crippen molar-refractivity contribution in [1.82, 2.24) is 0 Å². The minimum atomic E-state index is -2.50. The molecule has 1 saturated heterocycles. The van der Waals surface area contributed by atoms with E-state index >= 15 is 0 Å². The lowest BCUT2D eigenvalue weighted by atomic mass is 9.94. The molecule has 0 saturated carbocycles. The topological polar surface area (TPSA) is 127 Å². The second-order valence-electron chi connectivity index (χ2n) is 3.52. The monoisotopic (exact) mass is 222 g/mol. The van der Waals surface area contributed by atoms with E-state index < -0.39 is 36.5 Å². The number of carboxylic acid groups (broad SMARTS) is 1. The van der Waals surface area contributed by atoms with Crippen LogP contribution in [0.25, 0.3) is 0 Å². The van der Waals surface area contributed by atoms with E-state index in [0.717, 1.165) is 0 Å². The summed E-state index contributed by atoms with van der Waals surface area (Å²) in [6.45, 7) is -0.343.